The second kappa shape index (κ2) is 5.66. The molecule has 0 bridgehead atoms. The average molecular weight is 241 g/mol. The number of methoxy groups -OCH3 is 1. The number of ether oxygens (including phenoxy) is 1. The van der Waals surface area contributed by atoms with Crippen molar-refractivity contribution < 1.29 is 14.3 Å². The lowest BCUT2D eigenvalue weighted by Gasteiger charge is -2.11. The van der Waals surface area contributed by atoms with Gasteiger partial charge in [0.25, 0.3) is 5.78 Å². The van der Waals surface area contributed by atoms with Crippen LogP contribution < -0.4 is 0 Å². The molecular formula is C12H13ClO3. The zero-order valence-corrected chi connectivity index (χ0v) is 9.95. The van der Waals surface area contributed by atoms with Crippen molar-refractivity contribution in [3.8, 4) is 0 Å². The van der Waals surface area contributed by atoms with Crippen LogP contribution in [-0.4, -0.2) is 18.9 Å². The number of halogens is 1. The topological polar surface area (TPSA) is 43.4 Å². The minimum Gasteiger partial charge on any atom is -0.463 e. The highest BCUT2D eigenvalue weighted by molar-refractivity contribution is 6.47. The van der Waals surface area contributed by atoms with Crippen molar-refractivity contribution in [1.29, 1.82) is 0 Å². The molecule has 86 valence electrons. The number of rotatable bonds is 4. The van der Waals surface area contributed by atoms with E-state index >= 15 is 0 Å². The zero-order valence-electron chi connectivity index (χ0n) is 9.20. The fourth-order valence-corrected chi connectivity index (χ4v) is 1.75. The predicted octanol–water partition coefficient (Wildman–Crippen LogP) is 2.27. The van der Waals surface area contributed by atoms with Crippen molar-refractivity contribution in [3.05, 3.63) is 35.4 Å². The molecule has 0 amide bonds. The highest BCUT2D eigenvalue weighted by atomic mass is 35.5. The smallest absolute Gasteiger partial charge is 0.376 e. The van der Waals surface area contributed by atoms with Gasteiger partial charge < -0.3 is 4.74 Å². The van der Waals surface area contributed by atoms with E-state index in [9.17, 15) is 9.59 Å². The van der Waals surface area contributed by atoms with E-state index in [-0.39, 0.29) is 0 Å². The van der Waals surface area contributed by atoms with Gasteiger partial charge in [-0.05, 0) is 17.5 Å². The first kappa shape index (κ1) is 12.7. The predicted molar refractivity (Wildman–Crippen MR) is 61.4 cm³/mol. The van der Waals surface area contributed by atoms with Crippen LogP contribution in [0.1, 0.15) is 23.4 Å². The van der Waals surface area contributed by atoms with Crippen molar-refractivity contribution in [2.75, 3.05) is 7.11 Å². The molecule has 0 heterocycles. The van der Waals surface area contributed by atoms with Gasteiger partial charge in [-0.2, -0.15) is 0 Å². The van der Waals surface area contributed by atoms with Crippen LogP contribution in [0.3, 0.4) is 0 Å². The second-order valence-electron chi connectivity index (χ2n) is 3.27. The number of aryl methyl sites for hydroxylation is 1. The Morgan fingerprint density at radius 2 is 2.00 bits per heavy atom. The lowest BCUT2D eigenvalue weighted by Crippen LogP contribution is -2.21. The lowest BCUT2D eigenvalue weighted by atomic mass is 10.00. The van der Waals surface area contributed by atoms with Crippen molar-refractivity contribution in [3.63, 3.8) is 0 Å². The van der Waals surface area contributed by atoms with Gasteiger partial charge in [-0.3, -0.25) is 4.79 Å². The highest BCUT2D eigenvalue weighted by Gasteiger charge is 2.26. The maximum absolute atomic E-state index is 11.5. The molecule has 0 aliphatic rings. The molecule has 0 aromatic heterocycles. The Morgan fingerprint density at radius 3 is 2.56 bits per heavy atom. The average Bonchev–Trinajstić information content (AvgIpc) is 2.35. The van der Waals surface area contributed by atoms with Crippen LogP contribution in [-0.2, 0) is 20.7 Å². The van der Waals surface area contributed by atoms with Crippen LogP contribution in [0.15, 0.2) is 24.3 Å². The van der Waals surface area contributed by atoms with Crippen LogP contribution in [0.4, 0.5) is 0 Å². The molecule has 0 saturated carbocycles. The highest BCUT2D eigenvalue weighted by Crippen LogP contribution is 2.25. The summed E-state index contributed by atoms with van der Waals surface area (Å²) in [5.41, 5.74) is 1.63. The first-order chi connectivity index (χ1) is 7.61. The fourth-order valence-electron chi connectivity index (χ4n) is 1.45. The molecule has 16 heavy (non-hydrogen) atoms. The Hall–Kier alpha value is -1.35. The van der Waals surface area contributed by atoms with Crippen molar-refractivity contribution in [2.24, 2.45) is 0 Å². The van der Waals surface area contributed by atoms with Crippen molar-refractivity contribution in [2.45, 2.75) is 18.7 Å². The summed E-state index contributed by atoms with van der Waals surface area (Å²) >= 11 is 5.96. The third-order valence-corrected chi connectivity index (χ3v) is 2.76. The summed E-state index contributed by atoms with van der Waals surface area (Å²) in [5, 5.41) is -0.969. The third-order valence-electron chi connectivity index (χ3n) is 2.33. The van der Waals surface area contributed by atoms with E-state index < -0.39 is 17.1 Å². The molecule has 1 aromatic rings. The van der Waals surface area contributed by atoms with Crippen molar-refractivity contribution in [1.82, 2.24) is 0 Å². The first-order valence-corrected chi connectivity index (χ1v) is 5.39. The van der Waals surface area contributed by atoms with Crippen LogP contribution >= 0.6 is 11.6 Å². The SMILES string of the molecule is CCc1ccccc1C(Cl)C(=O)C(=O)OC. The molecule has 0 aliphatic carbocycles. The molecule has 1 unspecified atom stereocenters. The first-order valence-electron chi connectivity index (χ1n) is 4.95. The largest absolute Gasteiger partial charge is 0.463 e. The Kier molecular flexibility index (Phi) is 4.50. The van der Waals surface area contributed by atoms with E-state index in [1.165, 1.54) is 0 Å². The van der Waals surface area contributed by atoms with Gasteiger partial charge in [-0.1, -0.05) is 31.2 Å². The molecule has 0 radical (unpaired) electrons. The van der Waals surface area contributed by atoms with Crippen LogP contribution in [0.25, 0.3) is 0 Å². The Balaban J connectivity index is 3.00. The van der Waals surface area contributed by atoms with E-state index in [0.29, 0.717) is 5.56 Å². The van der Waals surface area contributed by atoms with Gasteiger partial charge >= 0.3 is 5.97 Å². The lowest BCUT2D eigenvalue weighted by molar-refractivity contribution is -0.151. The molecule has 1 aromatic carbocycles. The van der Waals surface area contributed by atoms with Gasteiger partial charge in [0.2, 0.25) is 0 Å². The van der Waals surface area contributed by atoms with E-state index in [1.54, 1.807) is 12.1 Å². The molecule has 1 rings (SSSR count). The zero-order chi connectivity index (χ0) is 12.1. The molecule has 0 fully saturated rings. The summed E-state index contributed by atoms with van der Waals surface area (Å²) in [6.45, 7) is 1.96. The minimum absolute atomic E-state index is 0.669. The van der Waals surface area contributed by atoms with E-state index in [2.05, 4.69) is 4.74 Å². The maximum Gasteiger partial charge on any atom is 0.376 e. The molecular weight excluding hydrogens is 228 g/mol. The molecule has 4 heteroatoms. The number of Topliss-reactive ketones (excluding diaryl/α,β-unsaturated/α-hetero) is 1. The Bertz CT molecular complexity index is 401. The number of carbonyl (C=O) groups is 2. The Morgan fingerprint density at radius 1 is 1.38 bits per heavy atom. The molecule has 0 saturated heterocycles. The number of hydrogen-bond donors (Lipinski definition) is 0. The summed E-state index contributed by atoms with van der Waals surface area (Å²) < 4.78 is 4.36. The minimum atomic E-state index is -0.969. The quantitative estimate of drug-likeness (QED) is 0.461. The standard InChI is InChI=1S/C12H13ClO3/c1-3-8-6-4-5-7-9(8)10(13)11(14)12(15)16-2/h4-7,10H,3H2,1-2H3. The van der Waals surface area contributed by atoms with Gasteiger partial charge in [0.15, 0.2) is 0 Å². The van der Waals surface area contributed by atoms with Gasteiger partial charge in [-0.15, -0.1) is 11.6 Å². The summed E-state index contributed by atoms with van der Waals surface area (Å²) in [7, 11) is 1.16. The van der Waals surface area contributed by atoms with Crippen molar-refractivity contribution >= 4 is 23.4 Å². The summed E-state index contributed by atoms with van der Waals surface area (Å²) in [6, 6.07) is 7.29. The third kappa shape index (κ3) is 2.61. The molecule has 3 nitrogen and oxygen atoms in total. The van der Waals surface area contributed by atoms with Crippen LogP contribution in [0.5, 0.6) is 0 Å². The van der Waals surface area contributed by atoms with E-state index in [1.807, 2.05) is 19.1 Å². The van der Waals surface area contributed by atoms with Gasteiger partial charge in [-0.25, -0.2) is 4.79 Å². The number of carbonyl (C=O) groups excluding carboxylic acids is 2. The normalized spacial score (nSPS) is 11.9. The monoisotopic (exact) mass is 240 g/mol. The number of alkyl halides is 1. The molecule has 1 atom stereocenters. The fraction of sp³-hybridized carbons (Fsp3) is 0.333. The van der Waals surface area contributed by atoms with Crippen LogP contribution in [0.2, 0.25) is 0 Å². The summed E-state index contributed by atoms with van der Waals surface area (Å²) in [4.78, 5) is 22.6. The number of ketones is 1. The summed E-state index contributed by atoms with van der Waals surface area (Å²) in [6.07, 6.45) is 0.758. The number of benzene rings is 1. The molecule has 0 spiro atoms. The van der Waals surface area contributed by atoms with Gasteiger partial charge in [0, 0.05) is 0 Å². The number of hydrogen-bond acceptors (Lipinski definition) is 3. The van der Waals surface area contributed by atoms with Crippen LogP contribution in [0, 0.1) is 0 Å². The summed E-state index contributed by atoms with van der Waals surface area (Å²) in [5.74, 6) is -1.64. The molecule has 0 N–H and O–H groups in total. The van der Waals surface area contributed by atoms with Gasteiger partial charge in [0.05, 0.1) is 7.11 Å². The molecule has 0 aliphatic heterocycles. The number of esters is 1. The second-order valence-corrected chi connectivity index (χ2v) is 3.71. The Labute approximate surface area is 99.4 Å². The maximum atomic E-state index is 11.5. The van der Waals surface area contributed by atoms with E-state index in [4.69, 9.17) is 11.6 Å². The van der Waals surface area contributed by atoms with Gasteiger partial charge in [0.1, 0.15) is 5.38 Å². The van der Waals surface area contributed by atoms with E-state index in [0.717, 1.165) is 19.1 Å².